The molecule has 1 aromatic heterocycles. The van der Waals surface area contributed by atoms with Gasteiger partial charge in [0.25, 0.3) is 0 Å². The maximum Gasteiger partial charge on any atom is 0.368 e. The van der Waals surface area contributed by atoms with E-state index in [1.807, 2.05) is 25.5 Å². The van der Waals surface area contributed by atoms with Gasteiger partial charge in [-0.3, -0.25) is 0 Å². The van der Waals surface area contributed by atoms with Crippen LogP contribution in [0.5, 0.6) is 0 Å². The van der Waals surface area contributed by atoms with Gasteiger partial charge in [0, 0.05) is 4.88 Å². The second-order valence-electron chi connectivity index (χ2n) is 2.38. The first-order valence-corrected chi connectivity index (χ1v) is 4.20. The number of rotatable bonds is 2. The molecule has 3 N–H and O–H groups in total. The Bertz CT molecular complexity index is 296. The maximum atomic E-state index is 11.1. The number of hydrogen-bond acceptors (Lipinski definition) is 5. The molecule has 5 heteroatoms. The van der Waals surface area contributed by atoms with Gasteiger partial charge >= 0.3 is 5.97 Å². The summed E-state index contributed by atoms with van der Waals surface area (Å²) < 4.78 is 0. The summed E-state index contributed by atoms with van der Waals surface area (Å²) in [5, 5.41) is 0. The number of nitrogens with two attached hydrogens (primary N) is 1. The van der Waals surface area contributed by atoms with Crippen molar-refractivity contribution in [1.29, 1.82) is 0 Å². The highest BCUT2D eigenvalue weighted by Crippen LogP contribution is 2.21. The second kappa shape index (κ2) is 3.66. The molecule has 0 spiro atoms. The zero-order chi connectivity index (χ0) is 9.14. The van der Waals surface area contributed by atoms with E-state index in [1.165, 1.54) is 11.3 Å². The third-order valence-corrected chi connectivity index (χ3v) is 2.51. The van der Waals surface area contributed by atoms with Crippen LogP contribution in [0, 0.1) is 13.8 Å². The van der Waals surface area contributed by atoms with Crippen LogP contribution >= 0.6 is 11.3 Å². The Morgan fingerprint density at radius 3 is 2.75 bits per heavy atom. The van der Waals surface area contributed by atoms with E-state index in [-0.39, 0.29) is 0 Å². The lowest BCUT2D eigenvalue weighted by Gasteiger charge is -1.98. The van der Waals surface area contributed by atoms with Gasteiger partial charge in [-0.15, -0.1) is 11.3 Å². The zero-order valence-electron chi connectivity index (χ0n) is 6.88. The normalized spacial score (nSPS) is 9.92. The van der Waals surface area contributed by atoms with Crippen molar-refractivity contribution in [2.45, 2.75) is 13.8 Å². The number of hydrazine groups is 1. The van der Waals surface area contributed by atoms with Crippen LogP contribution in [-0.2, 0) is 4.84 Å². The van der Waals surface area contributed by atoms with E-state index in [9.17, 15) is 4.79 Å². The van der Waals surface area contributed by atoms with Crippen LogP contribution in [0.1, 0.15) is 20.1 Å². The molecule has 66 valence electrons. The number of nitrogens with one attached hydrogen (secondary N) is 1. The van der Waals surface area contributed by atoms with E-state index in [2.05, 4.69) is 4.84 Å². The molecule has 0 unspecified atom stereocenters. The number of carbonyl (C=O) groups is 1. The number of hydrogen-bond donors (Lipinski definition) is 2. The first-order chi connectivity index (χ1) is 5.65. The van der Waals surface area contributed by atoms with Crippen molar-refractivity contribution >= 4 is 17.3 Å². The summed E-state index contributed by atoms with van der Waals surface area (Å²) >= 11 is 1.39. The largest absolute Gasteiger partial charge is 0.368 e. The van der Waals surface area contributed by atoms with E-state index >= 15 is 0 Å². The maximum absolute atomic E-state index is 11.1. The lowest BCUT2D eigenvalue weighted by molar-refractivity contribution is 0.0259. The molecule has 0 saturated heterocycles. The van der Waals surface area contributed by atoms with Gasteiger partial charge in [0.2, 0.25) is 0 Å². The van der Waals surface area contributed by atoms with Crippen LogP contribution in [0.15, 0.2) is 6.07 Å². The lowest BCUT2D eigenvalue weighted by atomic mass is 10.3. The van der Waals surface area contributed by atoms with Crippen molar-refractivity contribution < 1.29 is 9.63 Å². The molecule has 0 aliphatic carbocycles. The summed E-state index contributed by atoms with van der Waals surface area (Å²) in [7, 11) is 0. The van der Waals surface area contributed by atoms with E-state index in [0.29, 0.717) is 4.88 Å². The van der Waals surface area contributed by atoms with Crippen molar-refractivity contribution in [3.63, 3.8) is 0 Å². The molecule has 0 bridgehead atoms. The van der Waals surface area contributed by atoms with Crippen LogP contribution < -0.4 is 11.4 Å². The van der Waals surface area contributed by atoms with Gasteiger partial charge in [-0.2, -0.15) is 0 Å². The quantitative estimate of drug-likeness (QED) is 0.532. The number of thiophene rings is 1. The molecule has 0 amide bonds. The van der Waals surface area contributed by atoms with Crippen molar-refractivity contribution in [2.75, 3.05) is 0 Å². The Labute approximate surface area is 74.3 Å². The Balaban J connectivity index is 2.87. The zero-order valence-corrected chi connectivity index (χ0v) is 7.70. The average Bonchev–Trinajstić information content (AvgIpc) is 2.30. The van der Waals surface area contributed by atoms with Crippen LogP contribution in [0.2, 0.25) is 0 Å². The van der Waals surface area contributed by atoms with Gasteiger partial charge < -0.3 is 4.84 Å². The standard InChI is InChI=1S/C7H10N2O2S/c1-4-3-5(2)12-6(4)7(10)11-9-8/h3,9H,8H2,1-2H3. The predicted molar refractivity (Wildman–Crippen MR) is 46.5 cm³/mol. The van der Waals surface area contributed by atoms with Gasteiger partial charge in [0.05, 0.1) is 0 Å². The first-order valence-electron chi connectivity index (χ1n) is 3.39. The van der Waals surface area contributed by atoms with E-state index in [4.69, 9.17) is 5.84 Å². The minimum Gasteiger partial charge on any atom is -0.351 e. The average molecular weight is 186 g/mol. The SMILES string of the molecule is Cc1cc(C)c(C(=O)ONN)s1. The molecule has 0 atom stereocenters. The number of carbonyl (C=O) groups excluding carboxylic acids is 1. The van der Waals surface area contributed by atoms with Crippen molar-refractivity contribution in [1.82, 2.24) is 5.59 Å². The summed E-state index contributed by atoms with van der Waals surface area (Å²) in [6, 6.07) is 1.93. The minimum absolute atomic E-state index is 0.437. The molecule has 0 aliphatic heterocycles. The summed E-state index contributed by atoms with van der Waals surface area (Å²) in [5.74, 6) is 4.40. The molecule has 1 aromatic rings. The fraction of sp³-hybridized carbons (Fsp3) is 0.286. The smallest absolute Gasteiger partial charge is 0.351 e. The molecule has 0 fully saturated rings. The van der Waals surface area contributed by atoms with Crippen molar-refractivity contribution in [2.24, 2.45) is 5.84 Å². The van der Waals surface area contributed by atoms with Gasteiger partial charge in [0.15, 0.2) is 0 Å². The Hall–Kier alpha value is -0.910. The summed E-state index contributed by atoms with van der Waals surface area (Å²) in [6.45, 7) is 3.79. The van der Waals surface area contributed by atoms with Gasteiger partial charge in [0.1, 0.15) is 4.88 Å². The fourth-order valence-electron chi connectivity index (χ4n) is 0.944. The molecule has 0 aromatic carbocycles. The van der Waals surface area contributed by atoms with E-state index in [1.54, 1.807) is 0 Å². The molecule has 0 radical (unpaired) electrons. The molecular formula is C7H10N2O2S. The summed E-state index contributed by atoms with van der Waals surface area (Å²) in [5.41, 5.74) is 2.77. The molecule has 1 heterocycles. The molecule has 4 nitrogen and oxygen atoms in total. The molecule has 0 aliphatic rings. The highest BCUT2D eigenvalue weighted by Gasteiger charge is 2.12. The fourth-order valence-corrected chi connectivity index (χ4v) is 1.85. The van der Waals surface area contributed by atoms with Crippen molar-refractivity contribution in [3.8, 4) is 0 Å². The van der Waals surface area contributed by atoms with Gasteiger partial charge in [-0.05, 0) is 25.5 Å². The Morgan fingerprint density at radius 1 is 1.67 bits per heavy atom. The highest BCUT2D eigenvalue weighted by molar-refractivity contribution is 7.14. The van der Waals surface area contributed by atoms with E-state index in [0.717, 1.165) is 10.4 Å². The van der Waals surface area contributed by atoms with E-state index < -0.39 is 5.97 Å². The van der Waals surface area contributed by atoms with Crippen molar-refractivity contribution in [3.05, 3.63) is 21.4 Å². The Morgan fingerprint density at radius 2 is 2.33 bits per heavy atom. The van der Waals surface area contributed by atoms with Crippen LogP contribution in [0.4, 0.5) is 0 Å². The third kappa shape index (κ3) is 1.82. The van der Waals surface area contributed by atoms with Crippen LogP contribution in [0.3, 0.4) is 0 Å². The van der Waals surface area contributed by atoms with Gasteiger partial charge in [-0.25, -0.2) is 10.6 Å². The minimum atomic E-state index is -0.437. The first kappa shape index (κ1) is 9.18. The Kier molecular flexibility index (Phi) is 2.80. The lowest BCUT2D eigenvalue weighted by Crippen LogP contribution is -2.26. The summed E-state index contributed by atoms with van der Waals surface area (Å²) in [4.78, 5) is 17.2. The van der Waals surface area contributed by atoms with Crippen LogP contribution in [-0.4, -0.2) is 5.97 Å². The molecular weight excluding hydrogens is 176 g/mol. The molecule has 12 heavy (non-hydrogen) atoms. The third-order valence-electron chi connectivity index (χ3n) is 1.38. The topological polar surface area (TPSA) is 64.3 Å². The predicted octanol–water partition coefficient (Wildman–Crippen LogP) is 0.900. The molecule has 0 saturated carbocycles. The molecule has 1 rings (SSSR count). The monoisotopic (exact) mass is 186 g/mol. The highest BCUT2D eigenvalue weighted by atomic mass is 32.1. The summed E-state index contributed by atoms with van der Waals surface area (Å²) in [6.07, 6.45) is 0. The number of aryl methyl sites for hydroxylation is 2. The van der Waals surface area contributed by atoms with Gasteiger partial charge in [-0.1, -0.05) is 5.59 Å². The van der Waals surface area contributed by atoms with Crippen LogP contribution in [0.25, 0.3) is 0 Å². The second-order valence-corrected chi connectivity index (χ2v) is 3.63.